The summed E-state index contributed by atoms with van der Waals surface area (Å²) in [6.45, 7) is 0. The molecule has 1 saturated carbocycles. The van der Waals surface area contributed by atoms with Gasteiger partial charge in [0.25, 0.3) is 0 Å². The summed E-state index contributed by atoms with van der Waals surface area (Å²) in [7, 11) is -1.17. The van der Waals surface area contributed by atoms with E-state index in [1.165, 1.54) is 35.6 Å². The largest absolute Gasteiger partial charge is 0.451 e. The van der Waals surface area contributed by atoms with Crippen LogP contribution in [0, 0.1) is 11.8 Å². The zero-order valence-electron chi connectivity index (χ0n) is 15.0. The Morgan fingerprint density at radius 1 is 1.04 bits per heavy atom. The van der Waals surface area contributed by atoms with Crippen molar-refractivity contribution in [3.05, 3.63) is 48.0 Å². The van der Waals surface area contributed by atoms with E-state index in [0.717, 1.165) is 31.6 Å². The van der Waals surface area contributed by atoms with Gasteiger partial charge in [0.2, 0.25) is 0 Å². The van der Waals surface area contributed by atoms with Crippen molar-refractivity contribution < 1.29 is 10.0 Å². The van der Waals surface area contributed by atoms with Crippen LogP contribution >= 0.6 is 0 Å². The van der Waals surface area contributed by atoms with E-state index < -0.39 is 7.12 Å². The summed E-state index contributed by atoms with van der Waals surface area (Å²) in [6.07, 6.45) is 8.25. The zero-order valence-corrected chi connectivity index (χ0v) is 15.0. The standard InChI is InChI=1S/C21H30BNO2/c23-21(10-3-4-13-22(24)25)19-14-16(15-19)11-12-18-8-5-7-17-6-1-2-9-20(17)18/h1-2,5-9,16,19,21,24-25H,3-4,10-15,23H2. The Kier molecular flexibility index (Phi) is 6.52. The first-order valence-corrected chi connectivity index (χ1v) is 9.72. The maximum absolute atomic E-state index is 8.86. The normalized spacial score (nSPS) is 21.1. The maximum atomic E-state index is 8.86. The number of hydrogen-bond donors (Lipinski definition) is 3. The molecule has 1 aliphatic carbocycles. The molecule has 0 saturated heterocycles. The summed E-state index contributed by atoms with van der Waals surface area (Å²) in [4.78, 5) is 0. The monoisotopic (exact) mass is 339 g/mol. The molecule has 0 aliphatic heterocycles. The van der Waals surface area contributed by atoms with Crippen molar-refractivity contribution in [2.75, 3.05) is 0 Å². The van der Waals surface area contributed by atoms with Gasteiger partial charge in [0, 0.05) is 6.04 Å². The predicted molar refractivity (Wildman–Crippen MR) is 105 cm³/mol. The molecule has 4 N–H and O–H groups in total. The zero-order chi connectivity index (χ0) is 17.6. The van der Waals surface area contributed by atoms with E-state index in [1.807, 2.05) is 0 Å². The lowest BCUT2D eigenvalue weighted by Gasteiger charge is -2.39. The van der Waals surface area contributed by atoms with Crippen molar-refractivity contribution in [1.82, 2.24) is 0 Å². The van der Waals surface area contributed by atoms with Crippen LogP contribution in [0.15, 0.2) is 42.5 Å². The van der Waals surface area contributed by atoms with Crippen LogP contribution < -0.4 is 5.73 Å². The molecule has 1 aliphatic rings. The minimum atomic E-state index is -1.17. The van der Waals surface area contributed by atoms with E-state index in [-0.39, 0.29) is 6.04 Å². The Labute approximate surface area is 151 Å². The number of unbranched alkanes of at least 4 members (excludes halogenated alkanes) is 1. The van der Waals surface area contributed by atoms with E-state index in [2.05, 4.69) is 42.5 Å². The van der Waals surface area contributed by atoms with Gasteiger partial charge in [0.15, 0.2) is 0 Å². The third-order valence-corrected chi connectivity index (χ3v) is 5.83. The molecule has 4 heteroatoms. The molecular formula is C21H30BNO2. The van der Waals surface area contributed by atoms with Crippen LogP contribution in [0.25, 0.3) is 10.8 Å². The molecule has 3 rings (SSSR count). The average Bonchev–Trinajstić information content (AvgIpc) is 2.57. The molecule has 25 heavy (non-hydrogen) atoms. The second-order valence-electron chi connectivity index (χ2n) is 7.70. The first kappa shape index (κ1) is 18.4. The lowest BCUT2D eigenvalue weighted by atomic mass is 9.68. The fourth-order valence-electron chi connectivity index (χ4n) is 4.19. The first-order chi connectivity index (χ1) is 12.1. The van der Waals surface area contributed by atoms with Gasteiger partial charge in [-0.2, -0.15) is 0 Å². The first-order valence-electron chi connectivity index (χ1n) is 9.72. The molecule has 0 spiro atoms. The van der Waals surface area contributed by atoms with Gasteiger partial charge in [-0.3, -0.25) is 0 Å². The Morgan fingerprint density at radius 3 is 2.60 bits per heavy atom. The molecular weight excluding hydrogens is 309 g/mol. The van der Waals surface area contributed by atoms with Crippen LogP contribution in [-0.4, -0.2) is 23.2 Å². The van der Waals surface area contributed by atoms with E-state index >= 15 is 0 Å². The van der Waals surface area contributed by atoms with Crippen LogP contribution in [0.5, 0.6) is 0 Å². The Hall–Kier alpha value is -1.36. The van der Waals surface area contributed by atoms with Crippen LogP contribution in [0.2, 0.25) is 6.32 Å². The van der Waals surface area contributed by atoms with Crippen molar-refractivity contribution in [2.24, 2.45) is 17.6 Å². The highest BCUT2D eigenvalue weighted by Crippen LogP contribution is 2.39. The van der Waals surface area contributed by atoms with Gasteiger partial charge in [-0.05, 0) is 66.6 Å². The molecule has 3 nitrogen and oxygen atoms in total. The number of aryl methyl sites for hydroxylation is 1. The average molecular weight is 339 g/mol. The van der Waals surface area contributed by atoms with E-state index in [9.17, 15) is 0 Å². The molecule has 134 valence electrons. The molecule has 0 heterocycles. The highest BCUT2D eigenvalue weighted by atomic mass is 16.4. The summed E-state index contributed by atoms with van der Waals surface area (Å²) in [6, 6.07) is 15.5. The van der Waals surface area contributed by atoms with E-state index in [0.29, 0.717) is 12.2 Å². The van der Waals surface area contributed by atoms with Crippen molar-refractivity contribution in [2.45, 2.75) is 57.3 Å². The number of nitrogens with two attached hydrogens (primary N) is 1. The van der Waals surface area contributed by atoms with Crippen LogP contribution in [0.3, 0.4) is 0 Å². The SMILES string of the molecule is NC(CCCCB(O)O)C1CC(CCc2cccc3ccccc23)C1. The van der Waals surface area contributed by atoms with Gasteiger partial charge in [-0.25, -0.2) is 0 Å². The third kappa shape index (κ3) is 5.07. The smallest absolute Gasteiger partial charge is 0.427 e. The summed E-state index contributed by atoms with van der Waals surface area (Å²) >= 11 is 0. The fraction of sp³-hybridized carbons (Fsp3) is 0.524. The fourth-order valence-corrected chi connectivity index (χ4v) is 4.19. The second-order valence-corrected chi connectivity index (χ2v) is 7.70. The minimum absolute atomic E-state index is 0.282. The van der Waals surface area contributed by atoms with Crippen LogP contribution in [0.1, 0.15) is 44.1 Å². The maximum Gasteiger partial charge on any atom is 0.451 e. The number of fused-ring (bicyclic) bond motifs is 1. The van der Waals surface area contributed by atoms with Gasteiger partial charge >= 0.3 is 7.12 Å². The van der Waals surface area contributed by atoms with Crippen molar-refractivity contribution in [3.63, 3.8) is 0 Å². The molecule has 0 radical (unpaired) electrons. The van der Waals surface area contributed by atoms with E-state index in [1.54, 1.807) is 0 Å². The summed E-state index contributed by atoms with van der Waals surface area (Å²) in [5, 5.41) is 20.5. The third-order valence-electron chi connectivity index (χ3n) is 5.83. The van der Waals surface area contributed by atoms with Gasteiger partial charge in [0.05, 0.1) is 0 Å². The van der Waals surface area contributed by atoms with Crippen molar-refractivity contribution in [3.8, 4) is 0 Å². The van der Waals surface area contributed by atoms with Crippen LogP contribution in [0.4, 0.5) is 0 Å². The summed E-state index contributed by atoms with van der Waals surface area (Å²) in [5.74, 6) is 1.48. The molecule has 1 fully saturated rings. The Bertz CT molecular complexity index is 664. The van der Waals surface area contributed by atoms with Gasteiger partial charge < -0.3 is 15.8 Å². The van der Waals surface area contributed by atoms with Crippen molar-refractivity contribution >= 4 is 17.9 Å². The molecule has 1 unspecified atom stereocenters. The quantitative estimate of drug-likeness (QED) is 0.481. The Morgan fingerprint density at radius 2 is 1.80 bits per heavy atom. The predicted octanol–water partition coefficient (Wildman–Crippen LogP) is 3.77. The summed E-state index contributed by atoms with van der Waals surface area (Å²) in [5.41, 5.74) is 7.78. The molecule has 1 atom stereocenters. The number of benzene rings is 2. The van der Waals surface area contributed by atoms with Crippen molar-refractivity contribution in [1.29, 1.82) is 0 Å². The van der Waals surface area contributed by atoms with Gasteiger partial charge in [0.1, 0.15) is 0 Å². The topological polar surface area (TPSA) is 66.5 Å². The van der Waals surface area contributed by atoms with Gasteiger partial charge in [-0.15, -0.1) is 0 Å². The second kappa shape index (κ2) is 8.84. The highest BCUT2D eigenvalue weighted by molar-refractivity contribution is 6.40. The lowest BCUT2D eigenvalue weighted by Crippen LogP contribution is -2.39. The minimum Gasteiger partial charge on any atom is -0.427 e. The molecule has 0 bridgehead atoms. The molecule has 2 aromatic rings. The van der Waals surface area contributed by atoms with Crippen LogP contribution in [-0.2, 0) is 6.42 Å². The number of hydrogen-bond acceptors (Lipinski definition) is 3. The highest BCUT2D eigenvalue weighted by Gasteiger charge is 2.32. The molecule has 0 amide bonds. The summed E-state index contributed by atoms with van der Waals surface area (Å²) < 4.78 is 0. The molecule has 0 aromatic heterocycles. The van der Waals surface area contributed by atoms with E-state index in [4.69, 9.17) is 15.8 Å². The van der Waals surface area contributed by atoms with Gasteiger partial charge in [-0.1, -0.05) is 55.3 Å². The Balaban J connectivity index is 1.39. The number of rotatable bonds is 9. The lowest BCUT2D eigenvalue weighted by molar-refractivity contribution is 0.147. The molecule has 2 aromatic carbocycles.